The molecular weight excluding hydrogens is 256 g/mol. The second-order valence-electron chi connectivity index (χ2n) is 5.18. The number of carboxylic acids is 1. The molecule has 0 radical (unpaired) electrons. The van der Waals surface area contributed by atoms with Gasteiger partial charge in [0, 0.05) is 6.42 Å². The molecule has 0 atom stereocenters. The smallest absolute Gasteiger partial charge is 0.303 e. The molecule has 0 heterocycles. The zero-order chi connectivity index (χ0) is 14.8. The second kappa shape index (κ2) is 9.23. The molecule has 0 fully saturated rings. The van der Waals surface area contributed by atoms with Crippen LogP contribution in [0.15, 0.2) is 18.2 Å². The number of hydrogen-bond acceptors (Lipinski definition) is 3. The van der Waals surface area contributed by atoms with Crippen molar-refractivity contribution in [3.63, 3.8) is 0 Å². The molecule has 0 unspecified atom stereocenters. The summed E-state index contributed by atoms with van der Waals surface area (Å²) in [4.78, 5) is 10.3. The van der Waals surface area contributed by atoms with Crippen LogP contribution in [0.2, 0.25) is 0 Å². The van der Waals surface area contributed by atoms with Gasteiger partial charge in [-0.25, -0.2) is 0 Å². The zero-order valence-electron chi connectivity index (χ0n) is 11.8. The number of hydrogen-bond donors (Lipinski definition) is 3. The molecule has 1 rings (SSSR count). The Morgan fingerprint density at radius 3 is 2.15 bits per heavy atom. The molecule has 1 aromatic rings. The van der Waals surface area contributed by atoms with Crippen LogP contribution in [-0.4, -0.2) is 21.3 Å². The van der Waals surface area contributed by atoms with E-state index in [1.54, 1.807) is 6.07 Å². The first-order chi connectivity index (χ1) is 9.59. The molecule has 0 amide bonds. The Hall–Kier alpha value is -1.71. The first kappa shape index (κ1) is 16.3. The lowest BCUT2D eigenvalue weighted by atomic mass is 10.0. The number of unbranched alkanes of at least 4 members (excludes halogenated alkanes) is 6. The van der Waals surface area contributed by atoms with Crippen molar-refractivity contribution in [2.45, 2.75) is 57.8 Å². The minimum atomic E-state index is -0.712. The molecule has 0 aliphatic carbocycles. The third-order valence-electron chi connectivity index (χ3n) is 3.40. The largest absolute Gasteiger partial charge is 0.508 e. The van der Waals surface area contributed by atoms with E-state index in [1.165, 1.54) is 12.1 Å². The summed E-state index contributed by atoms with van der Waals surface area (Å²) in [5, 5.41) is 27.5. The average molecular weight is 280 g/mol. The summed E-state index contributed by atoms with van der Waals surface area (Å²) in [6, 6.07) is 4.62. The standard InChI is InChI=1S/C16H24O4/c17-14-10-11-15(18)13(12-14)8-6-4-2-1-3-5-7-9-16(19)20/h10-12,17-18H,1-9H2,(H,19,20). The van der Waals surface area contributed by atoms with Gasteiger partial charge in [-0.15, -0.1) is 0 Å². The molecule has 112 valence electrons. The van der Waals surface area contributed by atoms with Crippen LogP contribution in [0.1, 0.15) is 56.9 Å². The monoisotopic (exact) mass is 280 g/mol. The summed E-state index contributed by atoms with van der Waals surface area (Å²) >= 11 is 0. The molecule has 0 saturated carbocycles. The minimum Gasteiger partial charge on any atom is -0.508 e. The van der Waals surface area contributed by atoms with Crippen molar-refractivity contribution in [3.05, 3.63) is 23.8 Å². The molecule has 0 aromatic heterocycles. The Kier molecular flexibility index (Phi) is 7.55. The summed E-state index contributed by atoms with van der Waals surface area (Å²) < 4.78 is 0. The van der Waals surface area contributed by atoms with E-state index in [2.05, 4.69) is 0 Å². The number of aryl methyl sites for hydroxylation is 1. The highest BCUT2D eigenvalue weighted by atomic mass is 16.4. The van der Waals surface area contributed by atoms with E-state index in [-0.39, 0.29) is 17.9 Å². The number of carbonyl (C=O) groups is 1. The maximum atomic E-state index is 10.3. The van der Waals surface area contributed by atoms with Gasteiger partial charge in [-0.05, 0) is 43.0 Å². The fourth-order valence-corrected chi connectivity index (χ4v) is 2.25. The van der Waals surface area contributed by atoms with Gasteiger partial charge in [-0.3, -0.25) is 4.79 Å². The summed E-state index contributed by atoms with van der Waals surface area (Å²) in [7, 11) is 0. The highest BCUT2D eigenvalue weighted by Gasteiger charge is 2.02. The van der Waals surface area contributed by atoms with E-state index in [0.29, 0.717) is 0 Å². The van der Waals surface area contributed by atoms with Crippen LogP contribution < -0.4 is 0 Å². The third kappa shape index (κ3) is 7.02. The van der Waals surface area contributed by atoms with Gasteiger partial charge in [-0.1, -0.05) is 32.1 Å². The zero-order valence-corrected chi connectivity index (χ0v) is 11.8. The Morgan fingerprint density at radius 1 is 0.900 bits per heavy atom. The molecule has 3 N–H and O–H groups in total. The number of carboxylic acid groups (broad SMARTS) is 1. The quantitative estimate of drug-likeness (QED) is 0.449. The van der Waals surface area contributed by atoms with Gasteiger partial charge in [0.05, 0.1) is 0 Å². The van der Waals surface area contributed by atoms with E-state index < -0.39 is 5.97 Å². The number of aromatic hydroxyl groups is 2. The van der Waals surface area contributed by atoms with Crippen LogP contribution in [0.3, 0.4) is 0 Å². The first-order valence-electron chi connectivity index (χ1n) is 7.32. The molecule has 0 aliphatic heterocycles. The molecule has 4 heteroatoms. The van der Waals surface area contributed by atoms with Gasteiger partial charge in [-0.2, -0.15) is 0 Å². The highest BCUT2D eigenvalue weighted by Crippen LogP contribution is 2.24. The van der Waals surface area contributed by atoms with E-state index in [0.717, 1.165) is 56.9 Å². The molecular formula is C16H24O4. The molecule has 0 bridgehead atoms. The van der Waals surface area contributed by atoms with Gasteiger partial charge in [0.25, 0.3) is 0 Å². The van der Waals surface area contributed by atoms with Crippen LogP contribution in [-0.2, 0) is 11.2 Å². The van der Waals surface area contributed by atoms with Crippen molar-refractivity contribution in [1.82, 2.24) is 0 Å². The van der Waals surface area contributed by atoms with Crippen molar-refractivity contribution in [2.75, 3.05) is 0 Å². The first-order valence-corrected chi connectivity index (χ1v) is 7.32. The Balaban J connectivity index is 2.02. The Morgan fingerprint density at radius 2 is 1.50 bits per heavy atom. The van der Waals surface area contributed by atoms with Crippen LogP contribution in [0, 0.1) is 0 Å². The van der Waals surface area contributed by atoms with E-state index >= 15 is 0 Å². The Bertz CT molecular complexity index is 415. The number of phenols is 2. The fourth-order valence-electron chi connectivity index (χ4n) is 2.25. The van der Waals surface area contributed by atoms with Gasteiger partial charge in [0.1, 0.15) is 11.5 Å². The SMILES string of the molecule is O=C(O)CCCCCCCCCc1cc(O)ccc1O. The van der Waals surface area contributed by atoms with Crippen LogP contribution in [0.25, 0.3) is 0 Å². The minimum absolute atomic E-state index is 0.191. The van der Waals surface area contributed by atoms with Gasteiger partial charge in [0.2, 0.25) is 0 Å². The highest BCUT2D eigenvalue weighted by molar-refractivity contribution is 5.66. The van der Waals surface area contributed by atoms with Crippen molar-refractivity contribution in [3.8, 4) is 11.5 Å². The van der Waals surface area contributed by atoms with Crippen LogP contribution in [0.4, 0.5) is 0 Å². The summed E-state index contributed by atoms with van der Waals surface area (Å²) in [5.41, 5.74) is 0.798. The number of benzene rings is 1. The van der Waals surface area contributed by atoms with Gasteiger partial charge in [0.15, 0.2) is 0 Å². The molecule has 1 aromatic carbocycles. The topological polar surface area (TPSA) is 77.8 Å². The molecule has 0 spiro atoms. The average Bonchev–Trinajstić information content (AvgIpc) is 2.40. The summed E-state index contributed by atoms with van der Waals surface area (Å²) in [5.74, 6) is -0.274. The molecule has 4 nitrogen and oxygen atoms in total. The normalized spacial score (nSPS) is 10.6. The van der Waals surface area contributed by atoms with E-state index in [4.69, 9.17) is 5.11 Å². The molecule has 0 saturated heterocycles. The lowest BCUT2D eigenvalue weighted by Crippen LogP contribution is -1.93. The molecule has 20 heavy (non-hydrogen) atoms. The number of phenolic OH excluding ortho intramolecular Hbond substituents is 2. The summed E-state index contributed by atoms with van der Waals surface area (Å²) in [6.07, 6.45) is 8.24. The van der Waals surface area contributed by atoms with Crippen molar-refractivity contribution < 1.29 is 20.1 Å². The fraction of sp³-hybridized carbons (Fsp3) is 0.562. The Labute approximate surface area is 120 Å². The number of aliphatic carboxylic acids is 1. The lowest BCUT2D eigenvalue weighted by Gasteiger charge is -2.05. The maximum Gasteiger partial charge on any atom is 0.303 e. The van der Waals surface area contributed by atoms with Gasteiger partial charge < -0.3 is 15.3 Å². The molecule has 0 aliphatic rings. The second-order valence-corrected chi connectivity index (χ2v) is 5.18. The predicted molar refractivity (Wildman–Crippen MR) is 78.0 cm³/mol. The van der Waals surface area contributed by atoms with Crippen LogP contribution >= 0.6 is 0 Å². The van der Waals surface area contributed by atoms with E-state index in [9.17, 15) is 15.0 Å². The number of rotatable bonds is 10. The predicted octanol–water partition coefficient (Wildman–Crippen LogP) is 3.85. The van der Waals surface area contributed by atoms with Crippen molar-refractivity contribution in [1.29, 1.82) is 0 Å². The van der Waals surface area contributed by atoms with E-state index in [1.807, 2.05) is 0 Å². The maximum absolute atomic E-state index is 10.3. The van der Waals surface area contributed by atoms with Crippen LogP contribution in [0.5, 0.6) is 11.5 Å². The van der Waals surface area contributed by atoms with Gasteiger partial charge >= 0.3 is 5.97 Å². The lowest BCUT2D eigenvalue weighted by molar-refractivity contribution is -0.137. The summed E-state index contributed by atoms with van der Waals surface area (Å²) in [6.45, 7) is 0. The third-order valence-corrected chi connectivity index (χ3v) is 3.40. The van der Waals surface area contributed by atoms with Crippen molar-refractivity contribution >= 4 is 5.97 Å². The van der Waals surface area contributed by atoms with Crippen molar-refractivity contribution in [2.24, 2.45) is 0 Å².